The van der Waals surface area contributed by atoms with E-state index in [-0.39, 0.29) is 11.2 Å². The molecule has 4 N–H and O–H groups in total. The van der Waals surface area contributed by atoms with Gasteiger partial charge >= 0.3 is 0 Å². The predicted molar refractivity (Wildman–Crippen MR) is 80.5 cm³/mol. The molecule has 0 aliphatic heterocycles. The standard InChI is InChI=1S/C14H12N6O/c1-7-4-9-12(16-5-7)13(11(15)14(21)18-9)20-3-2-8-10(20)6-17-19-8/h2-6H,15H2,1H3,(H,17,19)(H,18,21). The maximum atomic E-state index is 12.1. The summed E-state index contributed by atoms with van der Waals surface area (Å²) in [4.78, 5) is 19.3. The van der Waals surface area contributed by atoms with E-state index in [9.17, 15) is 4.79 Å². The minimum atomic E-state index is -0.324. The summed E-state index contributed by atoms with van der Waals surface area (Å²) in [6.07, 6.45) is 5.28. The molecule has 0 atom stereocenters. The van der Waals surface area contributed by atoms with Gasteiger partial charge in [0.2, 0.25) is 0 Å². The van der Waals surface area contributed by atoms with Crippen LogP contribution in [0.4, 0.5) is 5.69 Å². The molecular formula is C14H12N6O. The molecule has 0 aliphatic rings. The monoisotopic (exact) mass is 280 g/mol. The number of fused-ring (bicyclic) bond motifs is 2. The number of hydrogen-bond acceptors (Lipinski definition) is 4. The van der Waals surface area contributed by atoms with E-state index in [1.165, 1.54) is 0 Å². The molecule has 0 radical (unpaired) electrons. The lowest BCUT2D eigenvalue weighted by Gasteiger charge is -2.10. The number of aromatic nitrogens is 5. The van der Waals surface area contributed by atoms with Crippen molar-refractivity contribution in [1.82, 2.24) is 24.7 Å². The fourth-order valence-corrected chi connectivity index (χ4v) is 2.55. The first kappa shape index (κ1) is 11.7. The molecule has 0 spiro atoms. The van der Waals surface area contributed by atoms with Crippen molar-refractivity contribution in [3.8, 4) is 5.69 Å². The van der Waals surface area contributed by atoms with Gasteiger partial charge in [-0.05, 0) is 24.6 Å². The second-order valence-corrected chi connectivity index (χ2v) is 4.98. The van der Waals surface area contributed by atoms with Crippen molar-refractivity contribution in [2.75, 3.05) is 5.73 Å². The second kappa shape index (κ2) is 3.95. The van der Waals surface area contributed by atoms with Crippen LogP contribution in [-0.4, -0.2) is 24.7 Å². The van der Waals surface area contributed by atoms with Crippen LogP contribution in [0.2, 0.25) is 0 Å². The van der Waals surface area contributed by atoms with Gasteiger partial charge in [-0.15, -0.1) is 0 Å². The number of rotatable bonds is 1. The Morgan fingerprint density at radius 1 is 1.29 bits per heavy atom. The van der Waals surface area contributed by atoms with Crippen molar-refractivity contribution in [2.24, 2.45) is 0 Å². The fourth-order valence-electron chi connectivity index (χ4n) is 2.55. The molecule has 4 aromatic rings. The van der Waals surface area contributed by atoms with Crippen molar-refractivity contribution in [3.05, 3.63) is 46.6 Å². The Balaban J connectivity index is 2.19. The number of hydrogen-bond donors (Lipinski definition) is 3. The molecule has 0 fully saturated rings. The summed E-state index contributed by atoms with van der Waals surface area (Å²) in [5.74, 6) is 0. The van der Waals surface area contributed by atoms with Gasteiger partial charge in [0, 0.05) is 12.4 Å². The Bertz CT molecular complexity index is 1040. The first-order valence-corrected chi connectivity index (χ1v) is 6.44. The highest BCUT2D eigenvalue weighted by atomic mass is 16.1. The van der Waals surface area contributed by atoms with Crippen LogP contribution in [0.3, 0.4) is 0 Å². The number of anilines is 1. The second-order valence-electron chi connectivity index (χ2n) is 4.98. The maximum Gasteiger partial charge on any atom is 0.273 e. The SMILES string of the molecule is Cc1cnc2c(-n3ccc4[nH]ncc43)c(N)c(=O)[nH]c2c1. The molecule has 0 aliphatic carbocycles. The van der Waals surface area contributed by atoms with Gasteiger partial charge in [0.05, 0.1) is 22.7 Å². The zero-order valence-electron chi connectivity index (χ0n) is 11.2. The number of pyridine rings is 2. The molecule has 0 saturated carbocycles. The summed E-state index contributed by atoms with van der Waals surface area (Å²) >= 11 is 0. The molecule has 21 heavy (non-hydrogen) atoms. The normalized spacial score (nSPS) is 11.5. The molecule has 0 bridgehead atoms. The summed E-state index contributed by atoms with van der Waals surface area (Å²) in [6, 6.07) is 3.76. The van der Waals surface area contributed by atoms with Gasteiger partial charge in [-0.1, -0.05) is 0 Å². The summed E-state index contributed by atoms with van der Waals surface area (Å²) in [5, 5.41) is 6.88. The van der Waals surface area contributed by atoms with Crippen LogP contribution in [0.5, 0.6) is 0 Å². The third kappa shape index (κ3) is 1.57. The number of nitrogens with one attached hydrogen (secondary N) is 2. The number of nitrogens with two attached hydrogens (primary N) is 1. The minimum Gasteiger partial charge on any atom is -0.392 e. The smallest absolute Gasteiger partial charge is 0.273 e. The van der Waals surface area contributed by atoms with Gasteiger partial charge in [-0.25, -0.2) is 0 Å². The molecule has 0 amide bonds. The van der Waals surface area contributed by atoms with Gasteiger partial charge in [0.25, 0.3) is 5.56 Å². The van der Waals surface area contributed by atoms with E-state index >= 15 is 0 Å². The lowest BCUT2D eigenvalue weighted by Crippen LogP contribution is -2.16. The Labute approximate surface area is 118 Å². The average molecular weight is 280 g/mol. The first-order chi connectivity index (χ1) is 10.1. The molecule has 104 valence electrons. The minimum absolute atomic E-state index is 0.137. The van der Waals surface area contributed by atoms with E-state index in [1.54, 1.807) is 12.4 Å². The summed E-state index contributed by atoms with van der Waals surface area (Å²) < 4.78 is 1.83. The number of nitrogens with zero attached hydrogens (tertiary/aromatic N) is 3. The van der Waals surface area contributed by atoms with Gasteiger partial charge in [0.1, 0.15) is 16.9 Å². The van der Waals surface area contributed by atoms with Crippen molar-refractivity contribution < 1.29 is 0 Å². The molecule has 7 heteroatoms. The van der Waals surface area contributed by atoms with Crippen molar-refractivity contribution in [1.29, 1.82) is 0 Å². The van der Waals surface area contributed by atoms with E-state index in [0.717, 1.165) is 16.6 Å². The van der Waals surface area contributed by atoms with Crippen LogP contribution >= 0.6 is 0 Å². The Kier molecular flexibility index (Phi) is 2.20. The molecule has 4 aromatic heterocycles. The van der Waals surface area contributed by atoms with Crippen LogP contribution in [0, 0.1) is 6.92 Å². The highest BCUT2D eigenvalue weighted by molar-refractivity contribution is 5.92. The topological polar surface area (TPSA) is 105 Å². The lowest BCUT2D eigenvalue weighted by molar-refractivity contribution is 1.09. The van der Waals surface area contributed by atoms with Crippen molar-refractivity contribution in [2.45, 2.75) is 6.92 Å². The van der Waals surface area contributed by atoms with Gasteiger partial charge < -0.3 is 15.3 Å². The largest absolute Gasteiger partial charge is 0.392 e. The third-order valence-electron chi connectivity index (χ3n) is 3.54. The highest BCUT2D eigenvalue weighted by Crippen LogP contribution is 2.26. The zero-order valence-corrected chi connectivity index (χ0v) is 11.2. The predicted octanol–water partition coefficient (Wildman–Crippen LogP) is 1.48. The Hall–Kier alpha value is -3.09. The summed E-state index contributed by atoms with van der Waals surface area (Å²) in [7, 11) is 0. The maximum absolute atomic E-state index is 12.1. The fraction of sp³-hybridized carbons (Fsp3) is 0.0714. The molecule has 0 saturated heterocycles. The molecule has 7 nitrogen and oxygen atoms in total. The number of H-pyrrole nitrogens is 2. The van der Waals surface area contributed by atoms with Crippen LogP contribution in [0.25, 0.3) is 27.8 Å². The lowest BCUT2D eigenvalue weighted by atomic mass is 10.2. The number of nitrogen functional groups attached to an aromatic ring is 1. The number of aromatic amines is 2. The van der Waals surface area contributed by atoms with Crippen molar-refractivity contribution >= 4 is 27.8 Å². The first-order valence-electron chi connectivity index (χ1n) is 6.44. The Morgan fingerprint density at radius 2 is 2.14 bits per heavy atom. The van der Waals surface area contributed by atoms with Crippen molar-refractivity contribution in [3.63, 3.8) is 0 Å². The quantitative estimate of drug-likeness (QED) is 0.491. The van der Waals surface area contributed by atoms with E-state index in [4.69, 9.17) is 5.73 Å². The highest BCUT2D eigenvalue weighted by Gasteiger charge is 2.15. The summed E-state index contributed by atoms with van der Waals surface area (Å²) in [6.45, 7) is 1.92. The average Bonchev–Trinajstić information content (AvgIpc) is 3.04. The third-order valence-corrected chi connectivity index (χ3v) is 3.54. The van der Waals surface area contributed by atoms with Gasteiger partial charge in [-0.3, -0.25) is 14.9 Å². The van der Waals surface area contributed by atoms with Crippen LogP contribution in [0.1, 0.15) is 5.56 Å². The number of aryl methyl sites for hydroxylation is 1. The van der Waals surface area contributed by atoms with Crippen LogP contribution in [-0.2, 0) is 0 Å². The summed E-state index contributed by atoms with van der Waals surface area (Å²) in [5.41, 5.74) is 10.4. The Morgan fingerprint density at radius 3 is 3.00 bits per heavy atom. The zero-order chi connectivity index (χ0) is 14.6. The van der Waals surface area contributed by atoms with Gasteiger partial charge in [0.15, 0.2) is 0 Å². The van der Waals surface area contributed by atoms with Gasteiger partial charge in [-0.2, -0.15) is 5.10 Å². The molecule has 0 aromatic carbocycles. The molecule has 0 unspecified atom stereocenters. The van der Waals surface area contributed by atoms with Crippen LogP contribution in [0.15, 0.2) is 35.5 Å². The van der Waals surface area contributed by atoms with E-state index in [2.05, 4.69) is 20.2 Å². The molecular weight excluding hydrogens is 268 g/mol. The molecule has 4 heterocycles. The van der Waals surface area contributed by atoms with E-state index in [1.807, 2.05) is 29.8 Å². The van der Waals surface area contributed by atoms with Crippen LogP contribution < -0.4 is 11.3 Å². The molecule has 4 rings (SSSR count). The van der Waals surface area contributed by atoms with E-state index < -0.39 is 0 Å². The van der Waals surface area contributed by atoms with E-state index in [0.29, 0.717) is 16.7 Å².